The average Bonchev–Trinajstić information content (AvgIpc) is 2.26. The zero-order valence-electron chi connectivity index (χ0n) is 8.86. The van der Waals surface area contributed by atoms with Gasteiger partial charge in [-0.1, -0.05) is 24.3 Å². The Bertz CT molecular complexity index is 186. The van der Waals surface area contributed by atoms with Gasteiger partial charge in [-0.25, -0.2) is 0 Å². The van der Waals surface area contributed by atoms with Crippen molar-refractivity contribution in [3.8, 4) is 0 Å². The van der Waals surface area contributed by atoms with Crippen molar-refractivity contribution in [1.29, 1.82) is 0 Å². The number of allylic oxidation sites excluding steroid dienone is 4. The minimum absolute atomic E-state index is 0.562. The van der Waals surface area contributed by atoms with Crippen LogP contribution in [0.3, 0.4) is 0 Å². The maximum absolute atomic E-state index is 3.89. The zero-order valence-corrected chi connectivity index (χ0v) is 8.86. The standard InChI is InChI=1S/C14H20/c1-5-11-9-13(7-3)14(8-4)10-12(11)6-2/h5-8,11-14H,1-4,9-10H2. The molecule has 0 amide bonds. The molecule has 76 valence electrons. The van der Waals surface area contributed by atoms with Crippen LogP contribution in [0.2, 0.25) is 0 Å². The summed E-state index contributed by atoms with van der Waals surface area (Å²) < 4.78 is 0. The molecule has 4 unspecified atom stereocenters. The second kappa shape index (κ2) is 4.99. The molecule has 4 atom stereocenters. The highest BCUT2D eigenvalue weighted by Crippen LogP contribution is 2.40. The summed E-state index contributed by atoms with van der Waals surface area (Å²) in [5, 5.41) is 0. The van der Waals surface area contributed by atoms with Gasteiger partial charge in [-0.15, -0.1) is 26.3 Å². The highest BCUT2D eigenvalue weighted by Gasteiger charge is 2.30. The maximum atomic E-state index is 3.89. The van der Waals surface area contributed by atoms with Gasteiger partial charge in [0, 0.05) is 0 Å². The van der Waals surface area contributed by atoms with Crippen molar-refractivity contribution in [2.24, 2.45) is 23.7 Å². The van der Waals surface area contributed by atoms with Crippen LogP contribution in [0.5, 0.6) is 0 Å². The Morgan fingerprint density at radius 1 is 0.571 bits per heavy atom. The number of hydrogen-bond acceptors (Lipinski definition) is 0. The second-order valence-electron chi connectivity index (χ2n) is 4.07. The molecule has 1 saturated carbocycles. The molecule has 0 spiro atoms. The lowest BCUT2D eigenvalue weighted by Crippen LogP contribution is -2.27. The molecule has 0 aromatic rings. The van der Waals surface area contributed by atoms with Crippen molar-refractivity contribution < 1.29 is 0 Å². The van der Waals surface area contributed by atoms with Crippen LogP contribution in [0.1, 0.15) is 12.8 Å². The molecule has 0 aliphatic heterocycles. The van der Waals surface area contributed by atoms with Crippen LogP contribution in [0.15, 0.2) is 50.6 Å². The molecule has 0 N–H and O–H groups in total. The van der Waals surface area contributed by atoms with E-state index in [1.165, 1.54) is 0 Å². The Labute approximate surface area is 87.7 Å². The smallest absolute Gasteiger partial charge is 0.0167 e. The monoisotopic (exact) mass is 188 g/mol. The van der Waals surface area contributed by atoms with Crippen molar-refractivity contribution in [2.75, 3.05) is 0 Å². The highest BCUT2D eigenvalue weighted by molar-refractivity contribution is 5.06. The normalized spacial score (nSPS) is 37.1. The summed E-state index contributed by atoms with van der Waals surface area (Å²) in [6.45, 7) is 15.6. The second-order valence-corrected chi connectivity index (χ2v) is 4.07. The first-order valence-electron chi connectivity index (χ1n) is 5.27. The lowest BCUT2D eigenvalue weighted by Gasteiger charge is -2.36. The van der Waals surface area contributed by atoms with Gasteiger partial charge in [-0.3, -0.25) is 0 Å². The molecular formula is C14H20. The fraction of sp³-hybridized carbons (Fsp3) is 0.429. The van der Waals surface area contributed by atoms with Crippen LogP contribution in [0.25, 0.3) is 0 Å². The third-order valence-electron chi connectivity index (χ3n) is 3.40. The van der Waals surface area contributed by atoms with Crippen LogP contribution in [0, 0.1) is 23.7 Å². The van der Waals surface area contributed by atoms with E-state index in [2.05, 4.69) is 50.6 Å². The quantitative estimate of drug-likeness (QED) is 0.585. The molecule has 1 rings (SSSR count). The third kappa shape index (κ3) is 2.06. The Balaban J connectivity index is 2.78. The lowest BCUT2D eigenvalue weighted by molar-refractivity contribution is 0.234. The van der Waals surface area contributed by atoms with E-state index in [0.29, 0.717) is 23.7 Å². The first-order chi connectivity index (χ1) is 6.76. The molecule has 0 saturated heterocycles. The summed E-state index contributed by atoms with van der Waals surface area (Å²) in [5.41, 5.74) is 0. The first kappa shape index (κ1) is 11.0. The molecule has 1 fully saturated rings. The van der Waals surface area contributed by atoms with Crippen molar-refractivity contribution in [3.05, 3.63) is 50.6 Å². The largest absolute Gasteiger partial charge is 0.103 e. The van der Waals surface area contributed by atoms with Crippen LogP contribution in [0.4, 0.5) is 0 Å². The number of rotatable bonds is 4. The molecule has 0 aromatic carbocycles. The zero-order chi connectivity index (χ0) is 10.6. The molecular weight excluding hydrogens is 168 g/mol. The Morgan fingerprint density at radius 3 is 0.929 bits per heavy atom. The molecule has 0 nitrogen and oxygen atoms in total. The summed E-state index contributed by atoms with van der Waals surface area (Å²) in [6.07, 6.45) is 10.5. The summed E-state index contributed by atoms with van der Waals surface area (Å²) in [5.74, 6) is 2.25. The van der Waals surface area contributed by atoms with Crippen molar-refractivity contribution in [1.82, 2.24) is 0 Å². The average molecular weight is 188 g/mol. The lowest BCUT2D eigenvalue weighted by atomic mass is 9.68. The fourth-order valence-electron chi connectivity index (χ4n) is 2.41. The molecule has 1 aliphatic rings. The van der Waals surface area contributed by atoms with E-state index in [9.17, 15) is 0 Å². The minimum atomic E-state index is 0.562. The van der Waals surface area contributed by atoms with Gasteiger partial charge in [0.05, 0.1) is 0 Å². The molecule has 0 heterocycles. The maximum Gasteiger partial charge on any atom is -0.0167 e. The van der Waals surface area contributed by atoms with Crippen LogP contribution in [-0.4, -0.2) is 0 Å². The first-order valence-corrected chi connectivity index (χ1v) is 5.27. The van der Waals surface area contributed by atoms with Gasteiger partial charge in [0.2, 0.25) is 0 Å². The van der Waals surface area contributed by atoms with E-state index >= 15 is 0 Å². The molecule has 0 heteroatoms. The minimum Gasteiger partial charge on any atom is -0.103 e. The predicted molar refractivity (Wildman–Crippen MR) is 64.0 cm³/mol. The van der Waals surface area contributed by atoms with Gasteiger partial charge in [-0.2, -0.15) is 0 Å². The van der Waals surface area contributed by atoms with Gasteiger partial charge in [-0.05, 0) is 36.5 Å². The molecule has 14 heavy (non-hydrogen) atoms. The molecule has 0 bridgehead atoms. The van der Waals surface area contributed by atoms with E-state index < -0.39 is 0 Å². The summed E-state index contributed by atoms with van der Waals surface area (Å²) in [7, 11) is 0. The van der Waals surface area contributed by atoms with Gasteiger partial charge in [0.1, 0.15) is 0 Å². The molecule has 0 radical (unpaired) electrons. The third-order valence-corrected chi connectivity index (χ3v) is 3.40. The summed E-state index contributed by atoms with van der Waals surface area (Å²) >= 11 is 0. The van der Waals surface area contributed by atoms with Gasteiger partial charge < -0.3 is 0 Å². The van der Waals surface area contributed by atoms with E-state index in [1.807, 2.05) is 0 Å². The predicted octanol–water partition coefficient (Wildman–Crippen LogP) is 3.99. The van der Waals surface area contributed by atoms with Gasteiger partial charge in [0.15, 0.2) is 0 Å². The summed E-state index contributed by atoms with van der Waals surface area (Å²) in [4.78, 5) is 0. The SMILES string of the molecule is C=CC1CC(C=C)C(C=C)CC1C=C. The topological polar surface area (TPSA) is 0 Å². The van der Waals surface area contributed by atoms with Crippen LogP contribution >= 0.6 is 0 Å². The van der Waals surface area contributed by atoms with Gasteiger partial charge >= 0.3 is 0 Å². The van der Waals surface area contributed by atoms with Crippen molar-refractivity contribution in [3.63, 3.8) is 0 Å². The van der Waals surface area contributed by atoms with Crippen LogP contribution < -0.4 is 0 Å². The van der Waals surface area contributed by atoms with Crippen molar-refractivity contribution >= 4 is 0 Å². The Morgan fingerprint density at radius 2 is 0.786 bits per heavy atom. The number of hydrogen-bond donors (Lipinski definition) is 0. The van der Waals surface area contributed by atoms with Gasteiger partial charge in [0.25, 0.3) is 0 Å². The van der Waals surface area contributed by atoms with Crippen molar-refractivity contribution in [2.45, 2.75) is 12.8 Å². The molecule has 1 aliphatic carbocycles. The summed E-state index contributed by atoms with van der Waals surface area (Å²) in [6, 6.07) is 0. The van der Waals surface area contributed by atoms with E-state index in [4.69, 9.17) is 0 Å². The highest BCUT2D eigenvalue weighted by atomic mass is 14.3. The fourth-order valence-corrected chi connectivity index (χ4v) is 2.41. The van der Waals surface area contributed by atoms with E-state index in [-0.39, 0.29) is 0 Å². The Kier molecular flexibility index (Phi) is 3.94. The van der Waals surface area contributed by atoms with E-state index in [1.54, 1.807) is 0 Å². The molecule has 0 aromatic heterocycles. The Hall–Kier alpha value is -1.04. The van der Waals surface area contributed by atoms with Crippen LogP contribution in [-0.2, 0) is 0 Å². The van der Waals surface area contributed by atoms with E-state index in [0.717, 1.165) is 12.8 Å².